The fourth-order valence-electron chi connectivity index (χ4n) is 2.42. The molecule has 1 aromatic carbocycles. The van der Waals surface area contributed by atoms with Gasteiger partial charge in [0.15, 0.2) is 0 Å². The van der Waals surface area contributed by atoms with E-state index in [4.69, 9.17) is 22.1 Å². The van der Waals surface area contributed by atoms with E-state index in [0.717, 1.165) is 31.0 Å². The summed E-state index contributed by atoms with van der Waals surface area (Å²) in [6.45, 7) is 1.64. The Labute approximate surface area is 108 Å². The molecule has 1 heterocycles. The fraction of sp³-hybridized carbons (Fsp3) is 0.571. The van der Waals surface area contributed by atoms with E-state index in [1.807, 2.05) is 12.1 Å². The first kappa shape index (κ1) is 12.9. The smallest absolute Gasteiger partial charge is 0.0579 e. The van der Waals surface area contributed by atoms with Gasteiger partial charge in [-0.15, -0.1) is 0 Å². The first-order chi connectivity index (χ1) is 8.28. The molecule has 1 aliphatic heterocycles. The van der Waals surface area contributed by atoms with E-state index in [-0.39, 0.29) is 0 Å². The third kappa shape index (κ3) is 3.98. The Hall–Kier alpha value is -0.570. The fourth-order valence-corrected chi connectivity index (χ4v) is 2.54. The zero-order valence-corrected chi connectivity index (χ0v) is 10.8. The Balaban J connectivity index is 1.87. The molecule has 0 radical (unpaired) electrons. The van der Waals surface area contributed by atoms with Crippen LogP contribution in [0, 0.1) is 5.92 Å². The molecule has 17 heavy (non-hydrogen) atoms. The van der Waals surface area contributed by atoms with Gasteiger partial charge < -0.3 is 10.5 Å². The molecule has 1 fully saturated rings. The molecule has 0 aliphatic carbocycles. The van der Waals surface area contributed by atoms with Crippen LogP contribution in [0.1, 0.15) is 24.8 Å². The molecule has 0 amide bonds. The summed E-state index contributed by atoms with van der Waals surface area (Å²) in [5, 5.41) is 0.789. The highest BCUT2D eigenvalue weighted by Gasteiger charge is 2.20. The largest absolute Gasteiger partial charge is 0.378 e. The van der Waals surface area contributed by atoms with Crippen molar-refractivity contribution in [1.82, 2.24) is 0 Å². The van der Waals surface area contributed by atoms with Gasteiger partial charge in [0.2, 0.25) is 0 Å². The lowest BCUT2D eigenvalue weighted by Crippen LogP contribution is -2.22. The number of halogens is 1. The second-order valence-electron chi connectivity index (χ2n) is 4.80. The molecular weight excluding hydrogens is 234 g/mol. The molecule has 0 saturated carbocycles. The summed E-state index contributed by atoms with van der Waals surface area (Å²) in [6.07, 6.45) is 4.92. The minimum atomic E-state index is 0.427. The lowest BCUT2D eigenvalue weighted by molar-refractivity contribution is 0.0905. The zero-order valence-electron chi connectivity index (χ0n) is 10.1. The summed E-state index contributed by atoms with van der Waals surface area (Å²) in [5.41, 5.74) is 7.16. The Kier molecular flexibility index (Phi) is 4.84. The van der Waals surface area contributed by atoms with Crippen LogP contribution in [0.4, 0.5) is 0 Å². The van der Waals surface area contributed by atoms with Crippen molar-refractivity contribution in [2.45, 2.75) is 31.8 Å². The predicted molar refractivity (Wildman–Crippen MR) is 71.3 cm³/mol. The highest BCUT2D eigenvalue weighted by molar-refractivity contribution is 6.30. The van der Waals surface area contributed by atoms with Crippen molar-refractivity contribution < 1.29 is 4.74 Å². The van der Waals surface area contributed by atoms with Gasteiger partial charge in [0.05, 0.1) is 6.10 Å². The maximum atomic E-state index is 5.87. The number of ether oxygens (including phenoxy) is 1. The quantitative estimate of drug-likeness (QED) is 0.876. The first-order valence-corrected chi connectivity index (χ1v) is 6.72. The van der Waals surface area contributed by atoms with Crippen LogP contribution in [0.3, 0.4) is 0 Å². The standard InChI is InChI=1S/C14H20ClNO/c15-13-5-3-11(4-6-13)8-12(10-16)9-14-2-1-7-17-14/h3-6,12,14H,1-2,7-10,16H2. The molecule has 1 aromatic rings. The Bertz CT molecular complexity index is 333. The van der Waals surface area contributed by atoms with Gasteiger partial charge in [-0.3, -0.25) is 0 Å². The van der Waals surface area contributed by atoms with E-state index in [2.05, 4.69) is 12.1 Å². The summed E-state index contributed by atoms with van der Waals surface area (Å²) < 4.78 is 5.67. The normalized spacial score (nSPS) is 21.6. The van der Waals surface area contributed by atoms with Crippen molar-refractivity contribution in [2.75, 3.05) is 13.2 Å². The highest BCUT2D eigenvalue weighted by atomic mass is 35.5. The Morgan fingerprint density at radius 1 is 1.35 bits per heavy atom. The van der Waals surface area contributed by atoms with Crippen LogP contribution in [0.5, 0.6) is 0 Å². The number of rotatable bonds is 5. The van der Waals surface area contributed by atoms with Gasteiger partial charge in [0.1, 0.15) is 0 Å². The number of hydrogen-bond donors (Lipinski definition) is 1. The van der Waals surface area contributed by atoms with E-state index < -0.39 is 0 Å². The average molecular weight is 254 g/mol. The van der Waals surface area contributed by atoms with Gasteiger partial charge in [0, 0.05) is 11.6 Å². The number of nitrogens with two attached hydrogens (primary N) is 1. The highest BCUT2D eigenvalue weighted by Crippen LogP contribution is 2.22. The molecule has 2 N–H and O–H groups in total. The van der Waals surface area contributed by atoms with Crippen molar-refractivity contribution in [3.8, 4) is 0 Å². The van der Waals surface area contributed by atoms with Gasteiger partial charge in [0.25, 0.3) is 0 Å². The van der Waals surface area contributed by atoms with Gasteiger partial charge in [-0.05, 0) is 55.8 Å². The lowest BCUT2D eigenvalue weighted by atomic mass is 9.93. The van der Waals surface area contributed by atoms with Crippen molar-refractivity contribution in [3.63, 3.8) is 0 Å². The van der Waals surface area contributed by atoms with Crippen LogP contribution in [-0.4, -0.2) is 19.3 Å². The van der Waals surface area contributed by atoms with Crippen molar-refractivity contribution in [2.24, 2.45) is 11.7 Å². The third-order valence-electron chi connectivity index (χ3n) is 3.39. The average Bonchev–Trinajstić information content (AvgIpc) is 2.84. The molecule has 1 aliphatic rings. The van der Waals surface area contributed by atoms with E-state index in [0.29, 0.717) is 12.0 Å². The number of benzene rings is 1. The van der Waals surface area contributed by atoms with Crippen LogP contribution < -0.4 is 5.73 Å². The molecule has 0 aromatic heterocycles. The summed E-state index contributed by atoms with van der Waals surface area (Å²) in [5.74, 6) is 0.513. The molecule has 2 atom stereocenters. The minimum absolute atomic E-state index is 0.427. The SMILES string of the molecule is NCC(Cc1ccc(Cl)cc1)CC1CCCO1. The van der Waals surface area contributed by atoms with E-state index >= 15 is 0 Å². The molecule has 0 bridgehead atoms. The van der Waals surface area contributed by atoms with E-state index in [9.17, 15) is 0 Å². The number of hydrogen-bond acceptors (Lipinski definition) is 2. The van der Waals surface area contributed by atoms with Gasteiger partial charge >= 0.3 is 0 Å². The molecule has 1 saturated heterocycles. The summed E-state index contributed by atoms with van der Waals surface area (Å²) in [6, 6.07) is 8.05. The van der Waals surface area contributed by atoms with Gasteiger partial charge in [-0.1, -0.05) is 23.7 Å². The third-order valence-corrected chi connectivity index (χ3v) is 3.64. The second-order valence-corrected chi connectivity index (χ2v) is 5.24. The topological polar surface area (TPSA) is 35.2 Å². The van der Waals surface area contributed by atoms with Crippen LogP contribution in [-0.2, 0) is 11.2 Å². The monoisotopic (exact) mass is 253 g/mol. The van der Waals surface area contributed by atoms with Crippen LogP contribution >= 0.6 is 11.6 Å². The summed E-state index contributed by atoms with van der Waals surface area (Å²) in [4.78, 5) is 0. The predicted octanol–water partition coefficient (Wildman–Crippen LogP) is 3.03. The summed E-state index contributed by atoms with van der Waals surface area (Å²) in [7, 11) is 0. The Morgan fingerprint density at radius 2 is 2.12 bits per heavy atom. The molecule has 2 rings (SSSR count). The molecule has 94 valence electrons. The van der Waals surface area contributed by atoms with Gasteiger partial charge in [-0.25, -0.2) is 0 Å². The van der Waals surface area contributed by atoms with Crippen LogP contribution in [0.15, 0.2) is 24.3 Å². The van der Waals surface area contributed by atoms with Crippen molar-refractivity contribution in [1.29, 1.82) is 0 Å². The maximum absolute atomic E-state index is 5.87. The minimum Gasteiger partial charge on any atom is -0.378 e. The zero-order chi connectivity index (χ0) is 12.1. The van der Waals surface area contributed by atoms with Crippen LogP contribution in [0.2, 0.25) is 5.02 Å². The van der Waals surface area contributed by atoms with E-state index in [1.54, 1.807) is 0 Å². The first-order valence-electron chi connectivity index (χ1n) is 6.34. The summed E-state index contributed by atoms with van der Waals surface area (Å²) >= 11 is 5.87. The van der Waals surface area contributed by atoms with E-state index in [1.165, 1.54) is 18.4 Å². The second kappa shape index (κ2) is 6.39. The molecule has 2 unspecified atom stereocenters. The molecular formula is C14H20ClNO. The molecule has 2 nitrogen and oxygen atoms in total. The maximum Gasteiger partial charge on any atom is 0.0579 e. The lowest BCUT2D eigenvalue weighted by Gasteiger charge is -2.18. The van der Waals surface area contributed by atoms with Crippen LogP contribution in [0.25, 0.3) is 0 Å². The Morgan fingerprint density at radius 3 is 2.71 bits per heavy atom. The molecule has 0 spiro atoms. The van der Waals surface area contributed by atoms with Crippen molar-refractivity contribution in [3.05, 3.63) is 34.9 Å². The molecule has 3 heteroatoms. The van der Waals surface area contributed by atoms with Crippen molar-refractivity contribution >= 4 is 11.6 Å². The van der Waals surface area contributed by atoms with Gasteiger partial charge in [-0.2, -0.15) is 0 Å².